The van der Waals surface area contributed by atoms with Gasteiger partial charge in [-0.2, -0.15) is 0 Å². The predicted molar refractivity (Wildman–Crippen MR) is 315 cm³/mol. The molecule has 2 aliphatic heterocycles. The molecule has 0 N–H and O–H groups in total. The van der Waals surface area contributed by atoms with Crippen LogP contribution in [0.15, 0.2) is 146 Å². The summed E-state index contributed by atoms with van der Waals surface area (Å²) < 4.78 is 2.66. The molecule has 73 heavy (non-hydrogen) atoms. The number of hydrogen-bond donors (Lipinski definition) is 0. The summed E-state index contributed by atoms with van der Waals surface area (Å²) in [5.74, 6) is 0. The fourth-order valence-corrected chi connectivity index (χ4v) is 16.3. The summed E-state index contributed by atoms with van der Waals surface area (Å²) in [6, 6.07) is 57.9. The number of rotatable bonds is 2. The second-order valence-corrected chi connectivity index (χ2v) is 27.2. The zero-order valence-electron chi connectivity index (χ0n) is 45.2. The maximum Gasteiger partial charge on any atom is 0.252 e. The van der Waals surface area contributed by atoms with Gasteiger partial charge in [-0.15, -0.1) is 11.3 Å². The molecule has 0 atom stereocenters. The largest absolute Gasteiger partial charge is 0.311 e. The van der Waals surface area contributed by atoms with Gasteiger partial charge in [-0.25, -0.2) is 0 Å². The van der Waals surface area contributed by atoms with E-state index in [2.05, 4.69) is 245 Å². The van der Waals surface area contributed by atoms with Gasteiger partial charge in [0.05, 0.1) is 5.69 Å². The van der Waals surface area contributed by atoms with Gasteiger partial charge in [-0.1, -0.05) is 174 Å². The quantitative estimate of drug-likeness (QED) is 0.159. The van der Waals surface area contributed by atoms with E-state index >= 15 is 0 Å². The number of nitrogens with zero attached hydrogens (tertiary/aromatic N) is 2. The summed E-state index contributed by atoms with van der Waals surface area (Å²) in [7, 11) is 0. The van der Waals surface area contributed by atoms with Crippen molar-refractivity contribution in [3.05, 3.63) is 207 Å². The first-order valence-corrected chi connectivity index (χ1v) is 27.8. The van der Waals surface area contributed by atoms with Gasteiger partial charge in [0.2, 0.25) is 0 Å². The maximum atomic E-state index is 2.72. The lowest BCUT2D eigenvalue weighted by Crippen LogP contribution is -2.62. The van der Waals surface area contributed by atoms with Crippen LogP contribution in [0.2, 0.25) is 0 Å². The molecule has 2 nitrogen and oxygen atoms in total. The van der Waals surface area contributed by atoms with Crippen LogP contribution in [0.3, 0.4) is 0 Å². The average molecular weight is 967 g/mol. The normalized spacial score (nSPS) is 19.2. The van der Waals surface area contributed by atoms with Gasteiger partial charge in [0.25, 0.3) is 6.71 Å². The number of anilines is 6. The molecule has 3 heterocycles. The van der Waals surface area contributed by atoms with E-state index in [1.807, 2.05) is 11.3 Å². The third kappa shape index (κ3) is 5.88. The van der Waals surface area contributed by atoms with Crippen LogP contribution in [0.1, 0.15) is 157 Å². The van der Waals surface area contributed by atoms with Gasteiger partial charge >= 0.3 is 0 Å². The molecular weight excluding hydrogens is 900 g/mol. The second-order valence-electron chi connectivity index (χ2n) is 26.1. The highest BCUT2D eigenvalue weighted by Gasteiger charge is 2.50. The van der Waals surface area contributed by atoms with Gasteiger partial charge < -0.3 is 9.80 Å². The summed E-state index contributed by atoms with van der Waals surface area (Å²) in [5.41, 5.74) is 26.8. The highest BCUT2D eigenvalue weighted by Crippen LogP contribution is 2.57. The van der Waals surface area contributed by atoms with E-state index in [4.69, 9.17) is 0 Å². The van der Waals surface area contributed by atoms with Crippen LogP contribution in [-0.4, -0.2) is 6.71 Å². The molecular formula is C69H67BN2S. The molecule has 5 aliphatic rings. The molecule has 0 bridgehead atoms. The summed E-state index contributed by atoms with van der Waals surface area (Å²) in [5, 5.41) is 2.66. The minimum absolute atomic E-state index is 0.00563. The summed E-state index contributed by atoms with van der Waals surface area (Å²) >= 11 is 1.92. The maximum absolute atomic E-state index is 2.72. The van der Waals surface area contributed by atoms with Crippen LogP contribution in [0.5, 0.6) is 0 Å². The van der Waals surface area contributed by atoms with Crippen LogP contribution < -0.4 is 26.2 Å². The van der Waals surface area contributed by atoms with Gasteiger partial charge in [0, 0.05) is 70.3 Å². The minimum Gasteiger partial charge on any atom is -0.311 e. The molecule has 0 amide bonds. The van der Waals surface area contributed by atoms with Crippen LogP contribution in [-0.2, 0) is 32.5 Å². The number of thiophene rings is 1. The monoisotopic (exact) mass is 967 g/mol. The second kappa shape index (κ2) is 14.5. The molecule has 0 fully saturated rings. The van der Waals surface area contributed by atoms with Crippen molar-refractivity contribution in [1.29, 1.82) is 0 Å². The van der Waals surface area contributed by atoms with Crippen molar-refractivity contribution in [1.82, 2.24) is 0 Å². The SMILES string of the molecule is Cc1cc2c3c(c1)N(c1cccc4sc5ccccc5c14)c1cc4c(cc1B3c1cc3c(cc1N2c1ccc2c(c1)C(C)(C)c1ccccc1C2(C)C)C(C)(C)c1ccccc1C3(C)C)C(C)(C)CCC4(C)C. The summed E-state index contributed by atoms with van der Waals surface area (Å²) in [4.78, 5) is 5.43. The Kier molecular flexibility index (Phi) is 8.98. The van der Waals surface area contributed by atoms with Crippen LogP contribution in [0.4, 0.5) is 34.1 Å². The van der Waals surface area contributed by atoms with E-state index in [-0.39, 0.29) is 39.2 Å². The van der Waals surface area contributed by atoms with Crippen LogP contribution in [0, 0.1) is 6.92 Å². The highest BCUT2D eigenvalue weighted by molar-refractivity contribution is 7.26. The van der Waals surface area contributed by atoms with Gasteiger partial charge in [0.1, 0.15) is 0 Å². The molecule has 362 valence electrons. The topological polar surface area (TPSA) is 6.48 Å². The van der Waals surface area contributed by atoms with Crippen LogP contribution in [0.25, 0.3) is 20.2 Å². The Balaban J connectivity index is 1.13. The molecule has 9 aromatic rings. The number of benzene rings is 8. The average Bonchev–Trinajstić information content (AvgIpc) is 3.76. The molecule has 0 unspecified atom stereocenters. The van der Waals surface area contributed by atoms with Gasteiger partial charge in [0.15, 0.2) is 0 Å². The standard InChI is InChI=1S/C69H67BN2S/c1-40-33-58-63-59(34-40)72(55-26-20-28-61-62(55)42-21-14-19-27-60(42)73-61)57-38-49-48(64(2,3)31-32-65(49,4)5)36-53(57)70(63)54-37-51-52(69(12,13)46-25-18-17-24-45(46)68(51,10)11)39-56(54)71(58)41-29-30-47-50(35-41)67(8,9)44-23-16-15-22-43(44)66(47,6)7/h14-30,33-39H,31-32H2,1-13H3. The van der Waals surface area contributed by atoms with E-state index in [1.165, 1.54) is 132 Å². The lowest BCUT2D eigenvalue weighted by molar-refractivity contribution is 0.332. The molecule has 1 aromatic heterocycles. The lowest BCUT2D eigenvalue weighted by Gasteiger charge is -2.49. The first kappa shape index (κ1) is 45.3. The zero-order valence-corrected chi connectivity index (χ0v) is 46.0. The summed E-state index contributed by atoms with van der Waals surface area (Å²) in [6.45, 7) is 31.9. The molecule has 0 radical (unpaired) electrons. The predicted octanol–water partition coefficient (Wildman–Crippen LogP) is 16.7. The van der Waals surface area contributed by atoms with Crippen molar-refractivity contribution in [2.75, 3.05) is 9.80 Å². The smallest absolute Gasteiger partial charge is 0.252 e. The molecule has 8 aromatic carbocycles. The Bertz CT molecular complexity index is 3910. The number of hydrogen-bond acceptors (Lipinski definition) is 3. The third-order valence-corrected chi connectivity index (χ3v) is 20.6. The van der Waals surface area contributed by atoms with E-state index in [0.717, 1.165) is 12.8 Å². The Hall–Kier alpha value is -6.36. The molecule has 4 heteroatoms. The van der Waals surface area contributed by atoms with E-state index in [9.17, 15) is 0 Å². The number of fused-ring (bicyclic) bond motifs is 12. The fourth-order valence-electron chi connectivity index (χ4n) is 15.2. The molecule has 0 saturated carbocycles. The first-order chi connectivity index (χ1) is 34.6. The molecule has 3 aliphatic carbocycles. The Morgan fingerprint density at radius 2 is 0.836 bits per heavy atom. The van der Waals surface area contributed by atoms with E-state index in [1.54, 1.807) is 0 Å². The Morgan fingerprint density at radius 3 is 1.45 bits per heavy atom. The Labute approximate surface area is 438 Å². The van der Waals surface area contributed by atoms with Crippen molar-refractivity contribution in [3.8, 4) is 0 Å². The van der Waals surface area contributed by atoms with E-state index < -0.39 is 0 Å². The van der Waals surface area contributed by atoms with E-state index in [0.29, 0.717) is 0 Å². The Morgan fingerprint density at radius 1 is 0.384 bits per heavy atom. The zero-order chi connectivity index (χ0) is 50.7. The van der Waals surface area contributed by atoms with Crippen LogP contribution >= 0.6 is 11.3 Å². The number of aryl methyl sites for hydroxylation is 1. The first-order valence-electron chi connectivity index (χ1n) is 27.0. The molecule has 0 saturated heterocycles. The molecule has 14 rings (SSSR count). The highest BCUT2D eigenvalue weighted by atomic mass is 32.1. The summed E-state index contributed by atoms with van der Waals surface area (Å²) in [6.07, 6.45) is 2.33. The van der Waals surface area contributed by atoms with Crippen molar-refractivity contribution in [3.63, 3.8) is 0 Å². The van der Waals surface area contributed by atoms with Gasteiger partial charge in [-0.05, 0) is 163 Å². The third-order valence-electron chi connectivity index (χ3n) is 19.4. The fraction of sp³-hybridized carbons (Fsp3) is 0.304. The van der Waals surface area contributed by atoms with Crippen molar-refractivity contribution < 1.29 is 0 Å². The van der Waals surface area contributed by atoms with Gasteiger partial charge in [-0.3, -0.25) is 0 Å². The lowest BCUT2D eigenvalue weighted by atomic mass is 9.32. The molecule has 0 spiro atoms. The van der Waals surface area contributed by atoms with Crippen molar-refractivity contribution in [2.24, 2.45) is 0 Å². The van der Waals surface area contributed by atoms with Crippen molar-refractivity contribution >= 4 is 88.7 Å². The van der Waals surface area contributed by atoms with Crippen molar-refractivity contribution in [2.45, 2.75) is 135 Å². The minimum atomic E-state index is -0.219.